The third-order valence-electron chi connectivity index (χ3n) is 4.46. The number of carbonyl (C=O) groups is 1. The van der Waals surface area contributed by atoms with Gasteiger partial charge in [-0.05, 0) is 49.6 Å². The van der Waals surface area contributed by atoms with E-state index >= 15 is 0 Å². The third-order valence-corrected chi connectivity index (χ3v) is 7.92. The first-order valence-corrected chi connectivity index (χ1v) is 11.0. The third kappa shape index (κ3) is 4.49. The zero-order valence-electron chi connectivity index (χ0n) is 14.7. The zero-order valence-corrected chi connectivity index (χ0v) is 16.4. The fourth-order valence-corrected chi connectivity index (χ4v) is 6.04. The lowest BCUT2D eigenvalue weighted by Crippen LogP contribution is -2.35. The Morgan fingerprint density at radius 3 is 2.58 bits per heavy atom. The molecule has 3 heterocycles. The van der Waals surface area contributed by atoms with Crippen LogP contribution in [-0.2, 0) is 21.2 Å². The molecule has 1 unspecified atom stereocenters. The van der Waals surface area contributed by atoms with Crippen molar-refractivity contribution in [2.45, 2.75) is 42.9 Å². The first kappa shape index (κ1) is 19.0. The molecule has 0 aliphatic carbocycles. The highest BCUT2D eigenvalue weighted by atomic mass is 32.2. The molecular weight excluding hydrogens is 370 g/mol. The summed E-state index contributed by atoms with van der Waals surface area (Å²) in [6, 6.07) is 6.95. The second-order valence-corrected chi connectivity index (χ2v) is 9.77. The van der Waals surface area contributed by atoms with E-state index in [1.807, 2.05) is 19.1 Å². The quantitative estimate of drug-likeness (QED) is 0.818. The average Bonchev–Trinajstić information content (AvgIpc) is 3.12. The minimum absolute atomic E-state index is 0.123. The maximum Gasteiger partial charge on any atom is 0.252 e. The summed E-state index contributed by atoms with van der Waals surface area (Å²) in [5.74, 6) is -0.127. The molecule has 1 saturated heterocycles. The van der Waals surface area contributed by atoms with Gasteiger partial charge in [0.2, 0.25) is 5.91 Å². The second kappa shape index (κ2) is 8.28. The van der Waals surface area contributed by atoms with E-state index in [9.17, 15) is 13.2 Å². The normalized spacial score (nSPS) is 17.0. The molecule has 26 heavy (non-hydrogen) atoms. The lowest BCUT2D eigenvalue weighted by molar-refractivity contribution is -0.121. The van der Waals surface area contributed by atoms with E-state index in [0.29, 0.717) is 17.3 Å². The van der Waals surface area contributed by atoms with Crippen LogP contribution < -0.4 is 5.32 Å². The summed E-state index contributed by atoms with van der Waals surface area (Å²) in [5, 5.41) is 2.94. The summed E-state index contributed by atoms with van der Waals surface area (Å²) in [7, 11) is -3.43. The van der Waals surface area contributed by atoms with Gasteiger partial charge in [-0.2, -0.15) is 4.31 Å². The van der Waals surface area contributed by atoms with E-state index in [1.54, 1.807) is 28.8 Å². The number of hydrogen-bond donors (Lipinski definition) is 1. The SMILES string of the molecule is CC(NC(=O)Cc1ccc(S(=O)(=O)N2CCCCC2)s1)c1ccncc1. The van der Waals surface area contributed by atoms with Crippen LogP contribution in [0.3, 0.4) is 0 Å². The zero-order chi connectivity index (χ0) is 18.6. The van der Waals surface area contributed by atoms with Crippen LogP contribution in [-0.4, -0.2) is 36.7 Å². The Hall–Kier alpha value is -1.77. The largest absolute Gasteiger partial charge is 0.349 e. The standard InChI is InChI=1S/C18H23N3O3S2/c1-14(15-7-9-19-10-8-15)20-17(22)13-16-5-6-18(25-16)26(23,24)21-11-3-2-4-12-21/h5-10,14H,2-4,11-13H2,1H3,(H,20,22). The number of rotatable bonds is 6. The van der Waals surface area contributed by atoms with Gasteiger partial charge in [0.1, 0.15) is 4.21 Å². The molecule has 140 valence electrons. The van der Waals surface area contributed by atoms with Crippen LogP contribution in [0, 0.1) is 0 Å². The Labute approximate surface area is 158 Å². The summed E-state index contributed by atoms with van der Waals surface area (Å²) in [4.78, 5) is 17.0. The first-order valence-electron chi connectivity index (χ1n) is 8.75. The van der Waals surface area contributed by atoms with E-state index in [-0.39, 0.29) is 18.4 Å². The van der Waals surface area contributed by atoms with Crippen LogP contribution in [0.4, 0.5) is 0 Å². The van der Waals surface area contributed by atoms with Crippen molar-refractivity contribution in [3.8, 4) is 0 Å². The summed E-state index contributed by atoms with van der Waals surface area (Å²) in [6.07, 6.45) is 6.46. The van der Waals surface area contributed by atoms with Crippen LogP contribution in [0.2, 0.25) is 0 Å². The monoisotopic (exact) mass is 393 g/mol. The molecule has 6 nitrogen and oxygen atoms in total. The number of piperidine rings is 1. The van der Waals surface area contributed by atoms with Gasteiger partial charge in [0.15, 0.2) is 0 Å². The van der Waals surface area contributed by atoms with Gasteiger partial charge >= 0.3 is 0 Å². The number of nitrogens with zero attached hydrogens (tertiary/aromatic N) is 2. The topological polar surface area (TPSA) is 79.4 Å². The minimum atomic E-state index is -3.43. The maximum atomic E-state index is 12.7. The molecule has 1 aliphatic rings. The summed E-state index contributed by atoms with van der Waals surface area (Å²) >= 11 is 1.18. The van der Waals surface area contributed by atoms with Crippen molar-refractivity contribution >= 4 is 27.3 Å². The van der Waals surface area contributed by atoms with Gasteiger partial charge in [-0.15, -0.1) is 11.3 Å². The molecule has 8 heteroatoms. The number of pyridine rings is 1. The molecular formula is C18H23N3O3S2. The fraction of sp³-hybridized carbons (Fsp3) is 0.444. The number of carbonyl (C=O) groups excluding carboxylic acids is 1. The van der Waals surface area contributed by atoms with E-state index in [4.69, 9.17) is 0 Å². The maximum absolute atomic E-state index is 12.7. The first-order chi connectivity index (χ1) is 12.5. The second-order valence-electron chi connectivity index (χ2n) is 6.43. The van der Waals surface area contributed by atoms with Crippen molar-refractivity contribution in [1.82, 2.24) is 14.6 Å². The lowest BCUT2D eigenvalue weighted by atomic mass is 10.1. The highest BCUT2D eigenvalue weighted by molar-refractivity contribution is 7.91. The van der Waals surface area contributed by atoms with Crippen molar-refractivity contribution in [2.24, 2.45) is 0 Å². The van der Waals surface area contributed by atoms with Gasteiger partial charge in [-0.3, -0.25) is 9.78 Å². The molecule has 0 bridgehead atoms. The Kier molecular flexibility index (Phi) is 6.05. The Morgan fingerprint density at radius 1 is 1.19 bits per heavy atom. The van der Waals surface area contributed by atoms with Gasteiger partial charge in [-0.1, -0.05) is 6.42 Å². The smallest absolute Gasteiger partial charge is 0.252 e. The molecule has 1 amide bonds. The molecule has 2 aromatic heterocycles. The lowest BCUT2D eigenvalue weighted by Gasteiger charge is -2.25. The average molecular weight is 394 g/mol. The Balaban J connectivity index is 1.62. The molecule has 0 radical (unpaired) electrons. The fourth-order valence-electron chi connectivity index (χ4n) is 3.01. The van der Waals surface area contributed by atoms with Crippen molar-refractivity contribution < 1.29 is 13.2 Å². The van der Waals surface area contributed by atoms with Crippen LogP contribution in [0.5, 0.6) is 0 Å². The molecule has 1 fully saturated rings. The molecule has 0 saturated carbocycles. The Morgan fingerprint density at radius 2 is 1.88 bits per heavy atom. The van der Waals surface area contributed by atoms with Gasteiger partial charge < -0.3 is 5.32 Å². The van der Waals surface area contributed by atoms with Gasteiger partial charge in [0.05, 0.1) is 12.5 Å². The Bertz CT molecular complexity index is 844. The molecule has 2 aromatic rings. The van der Waals surface area contributed by atoms with E-state index < -0.39 is 10.0 Å². The van der Waals surface area contributed by atoms with Crippen molar-refractivity contribution in [1.29, 1.82) is 0 Å². The number of hydrogen-bond acceptors (Lipinski definition) is 5. The predicted molar refractivity (Wildman–Crippen MR) is 101 cm³/mol. The van der Waals surface area contributed by atoms with Crippen LogP contribution in [0.1, 0.15) is 42.7 Å². The molecule has 1 atom stereocenters. The van der Waals surface area contributed by atoms with E-state index in [1.165, 1.54) is 11.3 Å². The molecule has 0 aromatic carbocycles. The van der Waals surface area contributed by atoms with Crippen molar-refractivity contribution in [3.05, 3.63) is 47.1 Å². The number of aromatic nitrogens is 1. The predicted octanol–water partition coefficient (Wildman–Crippen LogP) is 2.74. The number of amides is 1. The summed E-state index contributed by atoms with van der Waals surface area (Å²) in [6.45, 7) is 3.08. The minimum Gasteiger partial charge on any atom is -0.349 e. The van der Waals surface area contributed by atoms with E-state index in [0.717, 1.165) is 29.7 Å². The highest BCUT2D eigenvalue weighted by Crippen LogP contribution is 2.27. The van der Waals surface area contributed by atoms with Gasteiger partial charge in [0.25, 0.3) is 10.0 Å². The van der Waals surface area contributed by atoms with Crippen LogP contribution in [0.25, 0.3) is 0 Å². The number of sulfonamides is 1. The molecule has 1 N–H and O–H groups in total. The van der Waals surface area contributed by atoms with Gasteiger partial charge in [-0.25, -0.2) is 8.42 Å². The highest BCUT2D eigenvalue weighted by Gasteiger charge is 2.27. The van der Waals surface area contributed by atoms with Crippen molar-refractivity contribution in [3.63, 3.8) is 0 Å². The van der Waals surface area contributed by atoms with E-state index in [2.05, 4.69) is 10.3 Å². The summed E-state index contributed by atoms with van der Waals surface area (Å²) in [5.41, 5.74) is 0.980. The number of thiophene rings is 1. The van der Waals surface area contributed by atoms with Crippen LogP contribution >= 0.6 is 11.3 Å². The van der Waals surface area contributed by atoms with Gasteiger partial charge in [0, 0.05) is 30.4 Å². The number of nitrogens with one attached hydrogen (secondary N) is 1. The summed E-state index contributed by atoms with van der Waals surface area (Å²) < 4.78 is 27.2. The molecule has 3 rings (SSSR count). The van der Waals surface area contributed by atoms with Crippen LogP contribution in [0.15, 0.2) is 40.9 Å². The molecule has 1 aliphatic heterocycles. The molecule has 0 spiro atoms. The van der Waals surface area contributed by atoms with Crippen molar-refractivity contribution in [2.75, 3.05) is 13.1 Å².